The van der Waals surface area contributed by atoms with Gasteiger partial charge in [-0.15, -0.1) is 24.0 Å². The number of likely N-dealkylation sites (N-methyl/N-ethyl adjacent to an activating group) is 1. The summed E-state index contributed by atoms with van der Waals surface area (Å²) < 4.78 is 0. The van der Waals surface area contributed by atoms with Gasteiger partial charge in [0.1, 0.15) is 0 Å². The summed E-state index contributed by atoms with van der Waals surface area (Å²) in [4.78, 5) is 26.5. The number of carbonyl (C=O) groups is 1. The Labute approximate surface area is 208 Å². The van der Waals surface area contributed by atoms with E-state index in [1.807, 2.05) is 29.2 Å². The third kappa shape index (κ3) is 7.76. The van der Waals surface area contributed by atoms with Gasteiger partial charge in [0.15, 0.2) is 5.96 Å². The first kappa shape index (κ1) is 26.2. The van der Waals surface area contributed by atoms with E-state index in [2.05, 4.69) is 40.9 Å². The number of halogens is 2. The molecule has 1 aromatic carbocycles. The van der Waals surface area contributed by atoms with Crippen LogP contribution in [-0.4, -0.2) is 103 Å². The zero-order valence-electron chi connectivity index (χ0n) is 18.9. The lowest BCUT2D eigenvalue weighted by atomic mass is 10.2. The molecule has 1 atom stereocenters. The van der Waals surface area contributed by atoms with Crippen LogP contribution in [0.25, 0.3) is 0 Å². The summed E-state index contributed by atoms with van der Waals surface area (Å²) in [6.45, 7) is 12.7. The van der Waals surface area contributed by atoms with E-state index in [1.165, 1.54) is 0 Å². The van der Waals surface area contributed by atoms with Gasteiger partial charge in [-0.2, -0.15) is 0 Å². The number of guanidine groups is 1. The van der Waals surface area contributed by atoms with Crippen LogP contribution in [0.5, 0.6) is 0 Å². The SMILES string of the molecule is CCNC(=NCC(C)N1CCN(C)CC1)N1CCN(Cc2ccc(Cl)cc2)C(=O)C1.I. The Morgan fingerprint density at radius 1 is 1.13 bits per heavy atom. The van der Waals surface area contributed by atoms with E-state index >= 15 is 0 Å². The Balaban J connectivity index is 0.00000341. The van der Waals surface area contributed by atoms with Gasteiger partial charge in [-0.1, -0.05) is 23.7 Å². The van der Waals surface area contributed by atoms with Crippen molar-refractivity contribution in [3.05, 3.63) is 34.9 Å². The fourth-order valence-electron chi connectivity index (χ4n) is 3.89. The predicted octanol–water partition coefficient (Wildman–Crippen LogP) is 2.20. The van der Waals surface area contributed by atoms with Crippen molar-refractivity contribution in [3.8, 4) is 0 Å². The summed E-state index contributed by atoms with van der Waals surface area (Å²) in [6.07, 6.45) is 0. The lowest BCUT2D eigenvalue weighted by molar-refractivity contribution is -0.135. The number of hydrogen-bond donors (Lipinski definition) is 1. The first-order valence-electron chi connectivity index (χ1n) is 10.9. The Bertz CT molecular complexity index is 723. The van der Waals surface area contributed by atoms with Crippen molar-refractivity contribution in [2.45, 2.75) is 26.4 Å². The molecule has 1 aromatic rings. The van der Waals surface area contributed by atoms with Gasteiger partial charge < -0.3 is 20.0 Å². The predicted molar refractivity (Wildman–Crippen MR) is 138 cm³/mol. The Kier molecular flexibility index (Phi) is 10.8. The highest BCUT2D eigenvalue weighted by Gasteiger charge is 2.26. The van der Waals surface area contributed by atoms with Gasteiger partial charge in [-0.25, -0.2) is 0 Å². The van der Waals surface area contributed by atoms with Crippen LogP contribution in [0, 0.1) is 0 Å². The second-order valence-electron chi connectivity index (χ2n) is 8.25. The van der Waals surface area contributed by atoms with Crippen LogP contribution in [0.1, 0.15) is 19.4 Å². The Hall–Kier alpha value is -1.10. The van der Waals surface area contributed by atoms with E-state index in [4.69, 9.17) is 16.6 Å². The van der Waals surface area contributed by atoms with E-state index in [-0.39, 0.29) is 29.9 Å². The van der Waals surface area contributed by atoms with Gasteiger partial charge in [-0.05, 0) is 38.6 Å². The van der Waals surface area contributed by atoms with Crippen LogP contribution in [0.2, 0.25) is 5.02 Å². The molecule has 1 amide bonds. The monoisotopic (exact) mass is 562 g/mol. The van der Waals surface area contributed by atoms with Crippen molar-refractivity contribution in [1.82, 2.24) is 24.9 Å². The molecule has 0 aromatic heterocycles. The number of aliphatic imine (C=N–C) groups is 1. The summed E-state index contributed by atoms with van der Waals surface area (Å²) in [5, 5.41) is 4.09. The van der Waals surface area contributed by atoms with Crippen molar-refractivity contribution in [1.29, 1.82) is 0 Å². The lowest BCUT2D eigenvalue weighted by Crippen LogP contribution is -2.55. The van der Waals surface area contributed by atoms with Crippen LogP contribution in [0.4, 0.5) is 0 Å². The molecule has 0 bridgehead atoms. The van der Waals surface area contributed by atoms with Crippen molar-refractivity contribution in [3.63, 3.8) is 0 Å². The molecule has 7 nitrogen and oxygen atoms in total. The highest BCUT2D eigenvalue weighted by atomic mass is 127. The molecule has 31 heavy (non-hydrogen) atoms. The summed E-state index contributed by atoms with van der Waals surface area (Å²) in [6, 6.07) is 8.10. The second-order valence-corrected chi connectivity index (χ2v) is 8.68. The maximum absolute atomic E-state index is 12.8. The molecule has 0 aliphatic carbocycles. The third-order valence-electron chi connectivity index (χ3n) is 5.91. The average Bonchev–Trinajstić information content (AvgIpc) is 2.74. The molecule has 0 saturated carbocycles. The van der Waals surface area contributed by atoms with E-state index in [9.17, 15) is 4.79 Å². The molecule has 174 valence electrons. The zero-order chi connectivity index (χ0) is 21.5. The maximum Gasteiger partial charge on any atom is 0.242 e. The molecule has 2 saturated heterocycles. The molecular weight excluding hydrogens is 527 g/mol. The molecule has 1 unspecified atom stereocenters. The normalized spacial score (nSPS) is 19.9. The van der Waals surface area contributed by atoms with Crippen molar-refractivity contribution in [2.24, 2.45) is 4.99 Å². The van der Waals surface area contributed by atoms with E-state index in [0.717, 1.165) is 57.3 Å². The third-order valence-corrected chi connectivity index (χ3v) is 6.16. The summed E-state index contributed by atoms with van der Waals surface area (Å²) in [5.41, 5.74) is 1.10. The number of piperazine rings is 2. The number of hydrogen-bond acceptors (Lipinski definition) is 4. The van der Waals surface area contributed by atoms with Gasteiger partial charge in [0, 0.05) is 63.4 Å². The lowest BCUT2D eigenvalue weighted by Gasteiger charge is -2.37. The van der Waals surface area contributed by atoms with Gasteiger partial charge in [0.2, 0.25) is 5.91 Å². The number of nitrogens with one attached hydrogen (secondary N) is 1. The molecule has 1 N–H and O–H groups in total. The van der Waals surface area contributed by atoms with Gasteiger partial charge >= 0.3 is 0 Å². The van der Waals surface area contributed by atoms with Crippen LogP contribution in [0.15, 0.2) is 29.3 Å². The molecule has 0 radical (unpaired) electrons. The quantitative estimate of drug-likeness (QED) is 0.327. The van der Waals surface area contributed by atoms with Crippen LogP contribution >= 0.6 is 35.6 Å². The first-order chi connectivity index (χ1) is 14.5. The van der Waals surface area contributed by atoms with E-state index in [1.54, 1.807) is 0 Å². The number of rotatable bonds is 6. The minimum absolute atomic E-state index is 0. The highest BCUT2D eigenvalue weighted by Crippen LogP contribution is 2.14. The average molecular weight is 563 g/mol. The molecule has 3 rings (SSSR count). The summed E-state index contributed by atoms with van der Waals surface area (Å²) in [7, 11) is 2.17. The summed E-state index contributed by atoms with van der Waals surface area (Å²) in [5.74, 6) is 0.979. The molecule has 2 aliphatic rings. The first-order valence-corrected chi connectivity index (χ1v) is 11.3. The number of carbonyl (C=O) groups excluding carboxylic acids is 1. The number of amides is 1. The second kappa shape index (κ2) is 12.8. The van der Waals surface area contributed by atoms with Gasteiger partial charge in [0.05, 0.1) is 13.1 Å². The zero-order valence-corrected chi connectivity index (χ0v) is 22.0. The number of nitrogens with zero attached hydrogens (tertiary/aromatic N) is 5. The topological polar surface area (TPSA) is 54.4 Å². The summed E-state index contributed by atoms with van der Waals surface area (Å²) >= 11 is 5.96. The van der Waals surface area contributed by atoms with Gasteiger partial charge in [-0.3, -0.25) is 14.7 Å². The largest absolute Gasteiger partial charge is 0.357 e. The van der Waals surface area contributed by atoms with Crippen molar-refractivity contribution >= 4 is 47.4 Å². The maximum atomic E-state index is 12.8. The Morgan fingerprint density at radius 2 is 1.81 bits per heavy atom. The fourth-order valence-corrected chi connectivity index (χ4v) is 4.02. The Morgan fingerprint density at radius 3 is 2.42 bits per heavy atom. The highest BCUT2D eigenvalue weighted by molar-refractivity contribution is 14.0. The molecule has 2 aliphatic heterocycles. The van der Waals surface area contributed by atoms with Crippen molar-refractivity contribution in [2.75, 3.05) is 66.0 Å². The molecule has 2 heterocycles. The standard InChI is InChI=1S/C22H35ClN6O.HI/c1-4-24-22(25-15-18(2)27-11-9-26(3)10-12-27)29-14-13-28(21(30)17-29)16-19-5-7-20(23)8-6-19;/h5-8,18H,4,9-17H2,1-3H3,(H,24,25);1H. The smallest absolute Gasteiger partial charge is 0.242 e. The minimum Gasteiger partial charge on any atom is -0.357 e. The number of benzene rings is 1. The van der Waals surface area contributed by atoms with Crippen molar-refractivity contribution < 1.29 is 4.79 Å². The van der Waals surface area contributed by atoms with Crippen LogP contribution in [-0.2, 0) is 11.3 Å². The molecule has 0 spiro atoms. The van der Waals surface area contributed by atoms with E-state index < -0.39 is 0 Å². The molecule has 9 heteroatoms. The van der Waals surface area contributed by atoms with Crippen LogP contribution in [0.3, 0.4) is 0 Å². The van der Waals surface area contributed by atoms with E-state index in [0.29, 0.717) is 30.7 Å². The van der Waals surface area contributed by atoms with Gasteiger partial charge in [0.25, 0.3) is 0 Å². The minimum atomic E-state index is 0. The molecule has 2 fully saturated rings. The van der Waals surface area contributed by atoms with Crippen LogP contribution < -0.4 is 5.32 Å². The fraction of sp³-hybridized carbons (Fsp3) is 0.636. The molecular formula is C22H36ClIN6O.